The smallest absolute Gasteiger partial charge is 0.315 e. The van der Waals surface area contributed by atoms with E-state index in [9.17, 15) is 14.0 Å². The second-order valence-corrected chi connectivity index (χ2v) is 5.16. The quantitative estimate of drug-likeness (QED) is 0.883. The molecular weight excluding hydrogens is 261 g/mol. The first-order valence-electron chi connectivity index (χ1n) is 6.58. The fourth-order valence-corrected chi connectivity index (χ4v) is 2.19. The van der Waals surface area contributed by atoms with E-state index in [0.717, 1.165) is 0 Å². The van der Waals surface area contributed by atoms with E-state index < -0.39 is 0 Å². The molecule has 0 aromatic heterocycles. The van der Waals surface area contributed by atoms with E-state index in [2.05, 4.69) is 10.6 Å². The maximum atomic E-state index is 13.2. The minimum Gasteiger partial charge on any atom is -0.336 e. The summed E-state index contributed by atoms with van der Waals surface area (Å²) in [6.07, 6.45) is 0.224. The van der Waals surface area contributed by atoms with Gasteiger partial charge in [0.25, 0.3) is 0 Å². The summed E-state index contributed by atoms with van der Waals surface area (Å²) in [5, 5.41) is 5.46. The lowest BCUT2D eigenvalue weighted by atomic mass is 10.2. The molecule has 0 spiro atoms. The van der Waals surface area contributed by atoms with Crippen molar-refractivity contribution in [2.75, 3.05) is 11.4 Å². The molecular formula is C14H18FN3O2. The van der Waals surface area contributed by atoms with Gasteiger partial charge in [-0.2, -0.15) is 0 Å². The van der Waals surface area contributed by atoms with Crippen LogP contribution in [0, 0.1) is 5.82 Å². The highest BCUT2D eigenvalue weighted by Gasteiger charge is 2.31. The third-order valence-corrected chi connectivity index (χ3v) is 3.00. The number of amides is 3. The number of carbonyl (C=O) groups is 2. The first kappa shape index (κ1) is 14.3. The zero-order chi connectivity index (χ0) is 14.7. The molecule has 0 radical (unpaired) electrons. The van der Waals surface area contributed by atoms with Gasteiger partial charge in [0, 0.05) is 24.7 Å². The Labute approximate surface area is 117 Å². The molecule has 20 heavy (non-hydrogen) atoms. The largest absolute Gasteiger partial charge is 0.336 e. The van der Waals surface area contributed by atoms with Crippen molar-refractivity contribution >= 4 is 17.6 Å². The van der Waals surface area contributed by atoms with E-state index in [4.69, 9.17) is 0 Å². The van der Waals surface area contributed by atoms with Gasteiger partial charge >= 0.3 is 6.03 Å². The molecule has 1 saturated heterocycles. The number of rotatable bonds is 3. The molecule has 1 aliphatic heterocycles. The number of anilines is 1. The Bertz CT molecular complexity index is 519. The van der Waals surface area contributed by atoms with Gasteiger partial charge < -0.3 is 15.5 Å². The molecule has 0 aliphatic carbocycles. The number of nitrogens with zero attached hydrogens (tertiary/aromatic N) is 1. The van der Waals surface area contributed by atoms with Crippen molar-refractivity contribution in [1.29, 1.82) is 0 Å². The fraction of sp³-hybridized carbons (Fsp3) is 0.429. The third-order valence-electron chi connectivity index (χ3n) is 3.00. The van der Waals surface area contributed by atoms with Crippen LogP contribution in [0.15, 0.2) is 24.3 Å². The van der Waals surface area contributed by atoms with Crippen LogP contribution in [0.25, 0.3) is 0 Å². The van der Waals surface area contributed by atoms with Gasteiger partial charge in [0.1, 0.15) is 5.82 Å². The van der Waals surface area contributed by atoms with Gasteiger partial charge in [0.2, 0.25) is 5.91 Å². The summed E-state index contributed by atoms with van der Waals surface area (Å²) in [7, 11) is 0. The molecule has 1 aromatic rings. The lowest BCUT2D eigenvalue weighted by Gasteiger charge is -2.18. The average molecular weight is 279 g/mol. The van der Waals surface area contributed by atoms with Gasteiger partial charge in [0.05, 0.1) is 6.04 Å². The van der Waals surface area contributed by atoms with Gasteiger partial charge in [-0.1, -0.05) is 6.07 Å². The van der Waals surface area contributed by atoms with Crippen LogP contribution in [0.3, 0.4) is 0 Å². The van der Waals surface area contributed by atoms with Crippen LogP contribution < -0.4 is 15.5 Å². The van der Waals surface area contributed by atoms with E-state index in [-0.39, 0.29) is 36.3 Å². The summed E-state index contributed by atoms with van der Waals surface area (Å²) in [5.74, 6) is -0.505. The summed E-state index contributed by atoms with van der Waals surface area (Å²) >= 11 is 0. The molecule has 0 bridgehead atoms. The van der Waals surface area contributed by atoms with E-state index in [1.807, 2.05) is 13.8 Å². The number of nitrogens with one attached hydrogen (secondary N) is 2. The van der Waals surface area contributed by atoms with Crippen LogP contribution >= 0.6 is 0 Å². The number of halogens is 1. The van der Waals surface area contributed by atoms with Crippen LogP contribution in [0.2, 0.25) is 0 Å². The Morgan fingerprint density at radius 2 is 2.20 bits per heavy atom. The van der Waals surface area contributed by atoms with Crippen molar-refractivity contribution < 1.29 is 14.0 Å². The van der Waals surface area contributed by atoms with Crippen LogP contribution in [-0.2, 0) is 4.79 Å². The maximum absolute atomic E-state index is 13.2. The molecule has 3 amide bonds. The Morgan fingerprint density at radius 3 is 2.85 bits per heavy atom. The van der Waals surface area contributed by atoms with Crippen LogP contribution in [-0.4, -0.2) is 30.6 Å². The highest BCUT2D eigenvalue weighted by Crippen LogP contribution is 2.22. The number of hydrogen-bond acceptors (Lipinski definition) is 2. The molecule has 1 aliphatic rings. The summed E-state index contributed by atoms with van der Waals surface area (Å²) in [6, 6.07) is 5.36. The summed E-state index contributed by atoms with van der Waals surface area (Å²) < 4.78 is 13.2. The molecule has 1 heterocycles. The van der Waals surface area contributed by atoms with E-state index in [0.29, 0.717) is 12.2 Å². The second-order valence-electron chi connectivity index (χ2n) is 5.16. The predicted octanol–water partition coefficient (Wildman–Crippen LogP) is 1.64. The van der Waals surface area contributed by atoms with Gasteiger partial charge in [-0.3, -0.25) is 4.79 Å². The normalized spacial score (nSPS) is 18.5. The average Bonchev–Trinajstić information content (AvgIpc) is 2.68. The third kappa shape index (κ3) is 3.46. The van der Waals surface area contributed by atoms with Crippen molar-refractivity contribution in [2.45, 2.75) is 32.4 Å². The van der Waals surface area contributed by atoms with Crippen molar-refractivity contribution in [2.24, 2.45) is 0 Å². The Kier molecular flexibility index (Phi) is 4.22. The minimum atomic E-state index is -0.385. The van der Waals surface area contributed by atoms with E-state index in [1.54, 1.807) is 12.1 Å². The van der Waals surface area contributed by atoms with Crippen molar-refractivity contribution in [1.82, 2.24) is 10.6 Å². The van der Waals surface area contributed by atoms with Crippen LogP contribution in [0.5, 0.6) is 0 Å². The second kappa shape index (κ2) is 5.90. The zero-order valence-electron chi connectivity index (χ0n) is 11.5. The minimum absolute atomic E-state index is 0.0337. The van der Waals surface area contributed by atoms with Crippen molar-refractivity contribution in [3.8, 4) is 0 Å². The van der Waals surface area contributed by atoms with Crippen molar-refractivity contribution in [3.63, 3.8) is 0 Å². The van der Waals surface area contributed by atoms with Gasteiger partial charge in [0.15, 0.2) is 0 Å². The standard InChI is InChI=1S/C14H18FN3O2/c1-9(2)16-14(20)17-11-7-13(19)18(8-11)12-5-3-4-10(15)6-12/h3-6,9,11H,7-8H2,1-2H3,(H2,16,17,20)/t11-/m1/s1. The maximum Gasteiger partial charge on any atom is 0.315 e. The number of benzene rings is 1. The molecule has 1 aromatic carbocycles. The molecule has 2 N–H and O–H groups in total. The first-order valence-corrected chi connectivity index (χ1v) is 6.58. The number of carbonyl (C=O) groups excluding carboxylic acids is 2. The molecule has 1 atom stereocenters. The van der Waals surface area contributed by atoms with E-state index in [1.165, 1.54) is 17.0 Å². The SMILES string of the molecule is CC(C)NC(=O)N[C@@H]1CC(=O)N(c2cccc(F)c2)C1. The molecule has 108 valence electrons. The van der Waals surface area contributed by atoms with Crippen LogP contribution in [0.4, 0.5) is 14.9 Å². The van der Waals surface area contributed by atoms with Gasteiger partial charge in [-0.25, -0.2) is 9.18 Å². The molecule has 2 rings (SSSR count). The van der Waals surface area contributed by atoms with Gasteiger partial charge in [-0.15, -0.1) is 0 Å². The number of urea groups is 1. The number of hydrogen-bond donors (Lipinski definition) is 2. The lowest BCUT2D eigenvalue weighted by Crippen LogP contribution is -2.45. The summed E-state index contributed by atoms with van der Waals surface area (Å²) in [5.41, 5.74) is 0.517. The topological polar surface area (TPSA) is 61.4 Å². The molecule has 6 heteroatoms. The Balaban J connectivity index is 1.99. The molecule has 5 nitrogen and oxygen atoms in total. The first-order chi connectivity index (χ1) is 9.45. The highest BCUT2D eigenvalue weighted by atomic mass is 19.1. The molecule has 0 unspecified atom stereocenters. The summed E-state index contributed by atoms with van der Waals surface area (Å²) in [4.78, 5) is 25.0. The monoisotopic (exact) mass is 279 g/mol. The van der Waals surface area contributed by atoms with Crippen LogP contribution in [0.1, 0.15) is 20.3 Å². The molecule has 0 saturated carbocycles. The predicted molar refractivity (Wildman–Crippen MR) is 74.0 cm³/mol. The Hall–Kier alpha value is -2.11. The lowest BCUT2D eigenvalue weighted by molar-refractivity contribution is -0.117. The van der Waals surface area contributed by atoms with Gasteiger partial charge in [-0.05, 0) is 32.0 Å². The summed E-state index contributed by atoms with van der Waals surface area (Å²) in [6.45, 7) is 4.07. The zero-order valence-corrected chi connectivity index (χ0v) is 11.5. The Morgan fingerprint density at radius 1 is 1.45 bits per heavy atom. The fourth-order valence-electron chi connectivity index (χ4n) is 2.19. The highest BCUT2D eigenvalue weighted by molar-refractivity contribution is 5.96. The van der Waals surface area contributed by atoms with E-state index >= 15 is 0 Å². The molecule has 1 fully saturated rings. The van der Waals surface area contributed by atoms with Crippen molar-refractivity contribution in [3.05, 3.63) is 30.1 Å².